The number of thiophene rings is 1. The average Bonchev–Trinajstić information content (AvgIpc) is 2.75. The third-order valence-electron chi connectivity index (χ3n) is 2.08. The van der Waals surface area contributed by atoms with Gasteiger partial charge in [0.15, 0.2) is 5.78 Å². The molecule has 0 aliphatic heterocycles. The highest BCUT2D eigenvalue weighted by atomic mass is 32.1. The van der Waals surface area contributed by atoms with Crippen molar-refractivity contribution in [3.8, 4) is 0 Å². The first-order valence-electron chi connectivity index (χ1n) is 4.08. The summed E-state index contributed by atoms with van der Waals surface area (Å²) < 4.78 is 0. The van der Waals surface area contributed by atoms with Crippen LogP contribution in [0, 0.1) is 0 Å². The molecular formula is C9H11NOS. The van der Waals surface area contributed by atoms with E-state index in [9.17, 15) is 4.79 Å². The van der Waals surface area contributed by atoms with Crippen LogP contribution in [0.2, 0.25) is 0 Å². The molecule has 0 atom stereocenters. The van der Waals surface area contributed by atoms with Crippen molar-refractivity contribution in [3.63, 3.8) is 0 Å². The molecule has 1 aromatic heterocycles. The number of hydrogen-bond acceptors (Lipinski definition) is 3. The van der Waals surface area contributed by atoms with Gasteiger partial charge in [-0.2, -0.15) is 0 Å². The SMILES string of the molecule is CC(=O)c1sc(C2CC2)cc1N. The zero-order valence-electron chi connectivity index (χ0n) is 6.96. The number of nitrogens with two attached hydrogens (primary N) is 1. The molecule has 12 heavy (non-hydrogen) atoms. The first-order valence-corrected chi connectivity index (χ1v) is 4.90. The molecule has 1 saturated carbocycles. The Kier molecular flexibility index (Phi) is 1.68. The lowest BCUT2D eigenvalue weighted by atomic mass is 10.3. The molecule has 0 spiro atoms. The molecule has 0 saturated heterocycles. The monoisotopic (exact) mass is 181 g/mol. The van der Waals surface area contributed by atoms with Crippen LogP contribution in [0.25, 0.3) is 0 Å². The lowest BCUT2D eigenvalue weighted by Crippen LogP contribution is -1.92. The molecule has 64 valence electrons. The molecule has 1 fully saturated rings. The van der Waals surface area contributed by atoms with Gasteiger partial charge < -0.3 is 5.73 Å². The molecule has 2 nitrogen and oxygen atoms in total. The lowest BCUT2D eigenvalue weighted by molar-refractivity contribution is 0.102. The van der Waals surface area contributed by atoms with E-state index in [4.69, 9.17) is 5.73 Å². The summed E-state index contributed by atoms with van der Waals surface area (Å²) in [6.07, 6.45) is 2.52. The van der Waals surface area contributed by atoms with Crippen molar-refractivity contribution in [2.45, 2.75) is 25.7 Å². The van der Waals surface area contributed by atoms with E-state index in [1.54, 1.807) is 18.3 Å². The second kappa shape index (κ2) is 2.59. The summed E-state index contributed by atoms with van der Waals surface area (Å²) in [5.74, 6) is 0.787. The van der Waals surface area contributed by atoms with E-state index in [1.807, 2.05) is 6.07 Å². The van der Waals surface area contributed by atoms with Gasteiger partial charge in [0.1, 0.15) is 0 Å². The van der Waals surface area contributed by atoms with Crippen molar-refractivity contribution in [1.29, 1.82) is 0 Å². The van der Waals surface area contributed by atoms with Crippen LogP contribution in [0.5, 0.6) is 0 Å². The fraction of sp³-hybridized carbons (Fsp3) is 0.444. The summed E-state index contributed by atoms with van der Waals surface area (Å²) in [7, 11) is 0. The Hall–Kier alpha value is -0.830. The van der Waals surface area contributed by atoms with Crippen molar-refractivity contribution in [1.82, 2.24) is 0 Å². The molecule has 0 aromatic carbocycles. The second-order valence-electron chi connectivity index (χ2n) is 3.26. The predicted molar refractivity (Wildman–Crippen MR) is 50.7 cm³/mol. The van der Waals surface area contributed by atoms with Crippen LogP contribution in [-0.4, -0.2) is 5.78 Å². The number of carbonyl (C=O) groups excluding carboxylic acids is 1. The molecular weight excluding hydrogens is 170 g/mol. The number of carbonyl (C=O) groups is 1. The summed E-state index contributed by atoms with van der Waals surface area (Å²) in [6.45, 7) is 1.57. The van der Waals surface area contributed by atoms with Gasteiger partial charge in [-0.1, -0.05) is 0 Å². The predicted octanol–water partition coefficient (Wildman–Crippen LogP) is 2.41. The minimum Gasteiger partial charge on any atom is -0.397 e. The normalized spacial score (nSPS) is 16.4. The molecule has 0 unspecified atom stereocenters. The van der Waals surface area contributed by atoms with Crippen molar-refractivity contribution >= 4 is 22.8 Å². The number of rotatable bonds is 2. The largest absolute Gasteiger partial charge is 0.397 e. The van der Waals surface area contributed by atoms with E-state index in [0.717, 1.165) is 4.88 Å². The average molecular weight is 181 g/mol. The Labute approximate surface area is 75.4 Å². The van der Waals surface area contributed by atoms with Crippen LogP contribution in [0.3, 0.4) is 0 Å². The molecule has 2 N–H and O–H groups in total. The summed E-state index contributed by atoms with van der Waals surface area (Å²) >= 11 is 1.56. The Balaban J connectivity index is 2.36. The van der Waals surface area contributed by atoms with Crippen molar-refractivity contribution in [2.75, 3.05) is 5.73 Å². The Morgan fingerprint density at radius 3 is 2.75 bits per heavy atom. The number of anilines is 1. The molecule has 2 rings (SSSR count). The van der Waals surface area contributed by atoms with E-state index >= 15 is 0 Å². The zero-order valence-corrected chi connectivity index (χ0v) is 7.78. The molecule has 3 heteroatoms. The van der Waals surface area contributed by atoms with Crippen LogP contribution in [0.4, 0.5) is 5.69 Å². The lowest BCUT2D eigenvalue weighted by Gasteiger charge is -1.88. The minimum atomic E-state index is 0.0874. The first-order chi connectivity index (χ1) is 5.68. The molecule has 1 aliphatic rings. The van der Waals surface area contributed by atoms with Crippen LogP contribution in [0.1, 0.15) is 40.2 Å². The summed E-state index contributed by atoms with van der Waals surface area (Å²) in [6, 6.07) is 1.96. The Morgan fingerprint density at radius 2 is 2.33 bits per heavy atom. The minimum absolute atomic E-state index is 0.0874. The van der Waals surface area contributed by atoms with Crippen molar-refractivity contribution in [2.24, 2.45) is 0 Å². The van der Waals surface area contributed by atoms with Gasteiger partial charge in [0, 0.05) is 11.8 Å². The van der Waals surface area contributed by atoms with Gasteiger partial charge in [0.2, 0.25) is 0 Å². The standard InChI is InChI=1S/C9H11NOS/c1-5(11)9-7(10)4-8(12-9)6-2-3-6/h4,6H,2-3,10H2,1H3. The highest BCUT2D eigenvalue weighted by molar-refractivity contribution is 7.14. The number of Topliss-reactive ketones (excluding diaryl/α,β-unsaturated/α-hetero) is 1. The molecule has 0 radical (unpaired) electrons. The zero-order chi connectivity index (χ0) is 8.72. The first kappa shape index (κ1) is 7.80. The van der Waals surface area contributed by atoms with Crippen LogP contribution in [-0.2, 0) is 0 Å². The number of ketones is 1. The summed E-state index contributed by atoms with van der Waals surface area (Å²) in [4.78, 5) is 13.1. The van der Waals surface area contributed by atoms with E-state index in [0.29, 0.717) is 11.6 Å². The molecule has 0 bridgehead atoms. The van der Waals surface area contributed by atoms with Crippen LogP contribution >= 0.6 is 11.3 Å². The highest BCUT2D eigenvalue weighted by Gasteiger charge is 2.26. The smallest absolute Gasteiger partial charge is 0.171 e. The van der Waals surface area contributed by atoms with E-state index in [1.165, 1.54) is 17.7 Å². The van der Waals surface area contributed by atoms with Gasteiger partial charge in [0.05, 0.1) is 10.6 Å². The summed E-state index contributed by atoms with van der Waals surface area (Å²) in [5.41, 5.74) is 6.36. The maximum absolute atomic E-state index is 11.1. The van der Waals surface area contributed by atoms with Crippen molar-refractivity contribution < 1.29 is 4.79 Å². The topological polar surface area (TPSA) is 43.1 Å². The van der Waals surface area contributed by atoms with Gasteiger partial charge >= 0.3 is 0 Å². The van der Waals surface area contributed by atoms with Crippen LogP contribution < -0.4 is 5.73 Å². The number of nitrogen functional groups attached to an aromatic ring is 1. The molecule has 1 heterocycles. The Morgan fingerprint density at radius 1 is 1.67 bits per heavy atom. The molecule has 0 amide bonds. The number of hydrogen-bond donors (Lipinski definition) is 1. The Bertz CT molecular complexity index is 325. The van der Waals surface area contributed by atoms with Gasteiger partial charge in [0.25, 0.3) is 0 Å². The quantitative estimate of drug-likeness (QED) is 0.712. The fourth-order valence-corrected chi connectivity index (χ4v) is 2.41. The van der Waals surface area contributed by atoms with Gasteiger partial charge in [-0.25, -0.2) is 0 Å². The van der Waals surface area contributed by atoms with Gasteiger partial charge in [-0.3, -0.25) is 4.79 Å². The van der Waals surface area contributed by atoms with Crippen molar-refractivity contribution in [3.05, 3.63) is 15.8 Å². The van der Waals surface area contributed by atoms with Crippen LogP contribution in [0.15, 0.2) is 6.07 Å². The maximum Gasteiger partial charge on any atom is 0.171 e. The molecule has 1 aliphatic carbocycles. The molecule has 1 aromatic rings. The van der Waals surface area contributed by atoms with Gasteiger partial charge in [-0.15, -0.1) is 11.3 Å². The van der Waals surface area contributed by atoms with Gasteiger partial charge in [-0.05, 0) is 24.8 Å². The third kappa shape index (κ3) is 1.25. The highest BCUT2D eigenvalue weighted by Crippen LogP contribution is 2.44. The van der Waals surface area contributed by atoms with E-state index in [2.05, 4.69) is 0 Å². The van der Waals surface area contributed by atoms with E-state index < -0.39 is 0 Å². The van der Waals surface area contributed by atoms with E-state index in [-0.39, 0.29) is 5.78 Å². The fourth-order valence-electron chi connectivity index (χ4n) is 1.27. The summed E-state index contributed by atoms with van der Waals surface area (Å²) in [5, 5.41) is 0. The third-order valence-corrected chi connectivity index (χ3v) is 3.49. The maximum atomic E-state index is 11.1. The second-order valence-corrected chi connectivity index (χ2v) is 4.35.